The highest BCUT2D eigenvalue weighted by molar-refractivity contribution is 5.92. The van der Waals surface area contributed by atoms with Gasteiger partial charge in [0.15, 0.2) is 0 Å². The number of piperidine rings is 1. The topological polar surface area (TPSA) is 81.1 Å². The summed E-state index contributed by atoms with van der Waals surface area (Å²) in [6, 6.07) is 7.88. The van der Waals surface area contributed by atoms with Gasteiger partial charge in [0.1, 0.15) is 25.0 Å². The SMILES string of the molecule is C[C@H]1C[C@@H](C(=O)Nc2cccc(OCCn3cncn3)c2)CCN1.Cl.Cl. The quantitative estimate of drug-likeness (QED) is 0.776. The van der Waals surface area contributed by atoms with E-state index in [2.05, 4.69) is 27.6 Å². The summed E-state index contributed by atoms with van der Waals surface area (Å²) in [6.45, 7) is 4.13. The molecular weight excluding hydrogens is 377 g/mol. The maximum atomic E-state index is 12.4. The van der Waals surface area contributed by atoms with E-state index < -0.39 is 0 Å². The average Bonchev–Trinajstić information content (AvgIpc) is 3.09. The van der Waals surface area contributed by atoms with Gasteiger partial charge < -0.3 is 15.4 Å². The number of carbonyl (C=O) groups excluding carboxylic acids is 1. The van der Waals surface area contributed by atoms with Gasteiger partial charge in [0.25, 0.3) is 0 Å². The number of nitrogens with one attached hydrogen (secondary N) is 2. The van der Waals surface area contributed by atoms with Gasteiger partial charge in [-0.1, -0.05) is 6.07 Å². The van der Waals surface area contributed by atoms with E-state index in [1.807, 2.05) is 24.3 Å². The van der Waals surface area contributed by atoms with Gasteiger partial charge in [-0.25, -0.2) is 9.67 Å². The number of hydrogen-bond acceptors (Lipinski definition) is 5. The van der Waals surface area contributed by atoms with E-state index >= 15 is 0 Å². The zero-order chi connectivity index (χ0) is 16.8. The minimum absolute atomic E-state index is 0. The van der Waals surface area contributed by atoms with Crippen molar-refractivity contribution >= 4 is 36.4 Å². The number of anilines is 1. The molecule has 2 heterocycles. The number of carbonyl (C=O) groups is 1. The molecule has 1 aromatic heterocycles. The minimum Gasteiger partial charge on any atom is -0.492 e. The average molecular weight is 402 g/mol. The monoisotopic (exact) mass is 401 g/mol. The Labute approximate surface area is 165 Å². The predicted octanol–water partition coefficient (Wildman–Crippen LogP) is 2.53. The van der Waals surface area contributed by atoms with E-state index in [9.17, 15) is 4.79 Å². The van der Waals surface area contributed by atoms with E-state index in [-0.39, 0.29) is 36.6 Å². The second-order valence-corrected chi connectivity index (χ2v) is 6.10. The summed E-state index contributed by atoms with van der Waals surface area (Å²) < 4.78 is 7.43. The number of ether oxygens (including phenoxy) is 1. The highest BCUT2D eigenvalue weighted by Gasteiger charge is 2.24. The van der Waals surface area contributed by atoms with Crippen molar-refractivity contribution in [2.45, 2.75) is 32.4 Å². The molecule has 0 radical (unpaired) electrons. The lowest BCUT2D eigenvalue weighted by Gasteiger charge is -2.27. The standard InChI is InChI=1S/C17H23N5O2.2ClH/c1-13-9-14(5-6-19-13)17(23)21-15-3-2-4-16(10-15)24-8-7-22-12-18-11-20-22;;/h2-4,10-14,19H,5-9H2,1H3,(H,21,23);2*1H/t13-,14-;;/m0../s1. The van der Waals surface area contributed by atoms with Gasteiger partial charge in [0.2, 0.25) is 5.91 Å². The van der Waals surface area contributed by atoms with Crippen LogP contribution in [0.1, 0.15) is 19.8 Å². The predicted molar refractivity (Wildman–Crippen MR) is 105 cm³/mol. The maximum absolute atomic E-state index is 12.4. The minimum atomic E-state index is 0. The van der Waals surface area contributed by atoms with Crippen molar-refractivity contribution < 1.29 is 9.53 Å². The molecule has 0 aliphatic carbocycles. The number of amides is 1. The van der Waals surface area contributed by atoms with E-state index in [4.69, 9.17) is 4.74 Å². The third-order valence-electron chi connectivity index (χ3n) is 4.15. The van der Waals surface area contributed by atoms with Crippen LogP contribution in [0.3, 0.4) is 0 Å². The van der Waals surface area contributed by atoms with Crippen LogP contribution in [0.2, 0.25) is 0 Å². The Hall–Kier alpha value is -1.83. The summed E-state index contributed by atoms with van der Waals surface area (Å²) >= 11 is 0. The Morgan fingerprint density at radius 3 is 3.00 bits per heavy atom. The molecule has 2 N–H and O–H groups in total. The molecule has 0 saturated carbocycles. The van der Waals surface area contributed by atoms with Gasteiger partial charge in [-0.15, -0.1) is 24.8 Å². The van der Waals surface area contributed by atoms with Gasteiger partial charge >= 0.3 is 0 Å². The highest BCUT2D eigenvalue weighted by atomic mass is 35.5. The largest absolute Gasteiger partial charge is 0.492 e. The highest BCUT2D eigenvalue weighted by Crippen LogP contribution is 2.21. The van der Waals surface area contributed by atoms with Gasteiger partial charge in [0.05, 0.1) is 6.54 Å². The molecule has 1 aliphatic rings. The summed E-state index contributed by atoms with van der Waals surface area (Å²) in [6.07, 6.45) is 4.90. The van der Waals surface area contributed by atoms with Crippen molar-refractivity contribution in [1.82, 2.24) is 20.1 Å². The van der Waals surface area contributed by atoms with Crippen LogP contribution in [0.5, 0.6) is 5.75 Å². The summed E-state index contributed by atoms with van der Waals surface area (Å²) in [4.78, 5) is 16.3. The number of halogens is 2. The fraction of sp³-hybridized carbons (Fsp3) is 0.471. The van der Waals surface area contributed by atoms with Gasteiger partial charge in [-0.2, -0.15) is 5.10 Å². The van der Waals surface area contributed by atoms with Crippen LogP contribution in [0, 0.1) is 5.92 Å². The Kier molecular flexibility index (Phi) is 9.40. The van der Waals surface area contributed by atoms with Crippen LogP contribution < -0.4 is 15.4 Å². The Morgan fingerprint density at radius 1 is 1.42 bits per heavy atom. The van der Waals surface area contributed by atoms with E-state index in [1.54, 1.807) is 11.0 Å². The van der Waals surface area contributed by atoms with Crippen molar-refractivity contribution in [3.63, 3.8) is 0 Å². The van der Waals surface area contributed by atoms with Crippen LogP contribution in [0.15, 0.2) is 36.9 Å². The first-order valence-corrected chi connectivity index (χ1v) is 8.30. The molecular formula is C17H25Cl2N5O2. The summed E-state index contributed by atoms with van der Waals surface area (Å²) in [5.74, 6) is 0.882. The van der Waals surface area contributed by atoms with Crippen molar-refractivity contribution in [3.8, 4) is 5.75 Å². The summed E-state index contributed by atoms with van der Waals surface area (Å²) in [5.41, 5.74) is 0.768. The Balaban J connectivity index is 0.00000169. The molecule has 1 amide bonds. The van der Waals surface area contributed by atoms with E-state index in [0.29, 0.717) is 19.2 Å². The van der Waals surface area contributed by atoms with Crippen molar-refractivity contribution in [2.24, 2.45) is 5.92 Å². The smallest absolute Gasteiger partial charge is 0.227 e. The summed E-state index contributed by atoms with van der Waals surface area (Å²) in [7, 11) is 0. The second kappa shape index (κ2) is 11.0. The van der Waals surface area contributed by atoms with E-state index in [1.165, 1.54) is 6.33 Å². The Bertz CT molecular complexity index is 669. The molecule has 2 atom stereocenters. The number of hydrogen-bond donors (Lipinski definition) is 2. The molecule has 26 heavy (non-hydrogen) atoms. The number of rotatable bonds is 6. The molecule has 1 aliphatic heterocycles. The molecule has 9 heteroatoms. The molecule has 0 bridgehead atoms. The molecule has 144 valence electrons. The molecule has 0 spiro atoms. The lowest BCUT2D eigenvalue weighted by Crippen LogP contribution is -2.40. The van der Waals surface area contributed by atoms with Crippen LogP contribution >= 0.6 is 24.8 Å². The molecule has 1 fully saturated rings. The number of nitrogens with zero attached hydrogens (tertiary/aromatic N) is 3. The third-order valence-corrected chi connectivity index (χ3v) is 4.15. The lowest BCUT2D eigenvalue weighted by atomic mass is 9.92. The van der Waals surface area contributed by atoms with Gasteiger partial charge in [-0.3, -0.25) is 4.79 Å². The normalized spacial score (nSPS) is 19.0. The first kappa shape index (κ1) is 22.2. The Morgan fingerprint density at radius 2 is 2.27 bits per heavy atom. The molecule has 1 saturated heterocycles. The van der Waals surface area contributed by atoms with Crippen molar-refractivity contribution in [2.75, 3.05) is 18.5 Å². The second-order valence-electron chi connectivity index (χ2n) is 6.10. The van der Waals surface area contributed by atoms with Crippen LogP contribution in [0.25, 0.3) is 0 Å². The van der Waals surface area contributed by atoms with E-state index in [0.717, 1.165) is 30.8 Å². The molecule has 3 rings (SSSR count). The molecule has 2 aromatic rings. The van der Waals surface area contributed by atoms with Gasteiger partial charge in [-0.05, 0) is 38.4 Å². The number of aromatic nitrogens is 3. The molecule has 0 unspecified atom stereocenters. The molecule has 1 aromatic carbocycles. The van der Waals surface area contributed by atoms with Crippen molar-refractivity contribution in [1.29, 1.82) is 0 Å². The molecule has 7 nitrogen and oxygen atoms in total. The van der Waals surface area contributed by atoms with Crippen LogP contribution in [0.4, 0.5) is 5.69 Å². The first-order chi connectivity index (χ1) is 11.7. The third kappa shape index (κ3) is 6.48. The fourth-order valence-corrected chi connectivity index (χ4v) is 2.88. The maximum Gasteiger partial charge on any atom is 0.227 e. The number of benzene rings is 1. The zero-order valence-electron chi connectivity index (χ0n) is 14.6. The van der Waals surface area contributed by atoms with Crippen LogP contribution in [-0.2, 0) is 11.3 Å². The lowest BCUT2D eigenvalue weighted by molar-refractivity contribution is -0.120. The first-order valence-electron chi connectivity index (χ1n) is 8.30. The van der Waals surface area contributed by atoms with Gasteiger partial charge in [0, 0.05) is 23.7 Å². The zero-order valence-corrected chi connectivity index (χ0v) is 16.3. The fourth-order valence-electron chi connectivity index (χ4n) is 2.88. The van der Waals surface area contributed by atoms with Crippen LogP contribution in [-0.4, -0.2) is 39.9 Å². The summed E-state index contributed by atoms with van der Waals surface area (Å²) in [5, 5.41) is 10.4. The van der Waals surface area contributed by atoms with Crippen molar-refractivity contribution in [3.05, 3.63) is 36.9 Å².